The van der Waals surface area contributed by atoms with Crippen LogP contribution in [0.15, 0.2) is 0 Å². The van der Waals surface area contributed by atoms with E-state index in [-0.39, 0.29) is 0 Å². The second-order valence-corrected chi connectivity index (χ2v) is 4.89. The molecule has 90 valence electrons. The molecule has 0 spiro atoms. The van der Waals surface area contributed by atoms with Crippen molar-refractivity contribution in [2.24, 2.45) is 11.7 Å². The zero-order valence-electron chi connectivity index (χ0n) is 10.2. The summed E-state index contributed by atoms with van der Waals surface area (Å²) in [5.41, 5.74) is 5.90. The van der Waals surface area contributed by atoms with Crippen molar-refractivity contribution < 1.29 is 4.74 Å². The van der Waals surface area contributed by atoms with Gasteiger partial charge in [0.2, 0.25) is 0 Å². The number of rotatable bonds is 6. The van der Waals surface area contributed by atoms with Crippen LogP contribution in [-0.2, 0) is 4.74 Å². The van der Waals surface area contributed by atoms with Gasteiger partial charge in [-0.3, -0.25) is 0 Å². The fourth-order valence-electron chi connectivity index (χ4n) is 2.38. The average Bonchev–Trinajstić information content (AvgIpc) is 2.22. The molecule has 2 N–H and O–H groups in total. The third kappa shape index (κ3) is 5.50. The second-order valence-electron chi connectivity index (χ2n) is 4.89. The van der Waals surface area contributed by atoms with E-state index in [0.717, 1.165) is 25.5 Å². The summed E-state index contributed by atoms with van der Waals surface area (Å²) in [6, 6.07) is 0.472. The van der Waals surface area contributed by atoms with Crippen molar-refractivity contribution >= 4 is 0 Å². The first kappa shape index (κ1) is 12.9. The lowest BCUT2D eigenvalue weighted by Gasteiger charge is -2.29. The van der Waals surface area contributed by atoms with Gasteiger partial charge in [-0.2, -0.15) is 0 Å². The van der Waals surface area contributed by atoms with E-state index in [9.17, 15) is 0 Å². The van der Waals surface area contributed by atoms with Gasteiger partial charge < -0.3 is 15.4 Å². The molecule has 1 aliphatic rings. The highest BCUT2D eigenvalue weighted by atomic mass is 16.5. The van der Waals surface area contributed by atoms with E-state index in [1.54, 1.807) is 7.11 Å². The average molecular weight is 214 g/mol. The molecule has 0 unspecified atom stereocenters. The smallest absolute Gasteiger partial charge is 0.0474 e. The Balaban J connectivity index is 2.06. The summed E-state index contributed by atoms with van der Waals surface area (Å²) in [6.45, 7) is 3.26. The molecule has 15 heavy (non-hydrogen) atoms. The van der Waals surface area contributed by atoms with Crippen LogP contribution in [0, 0.1) is 5.92 Å². The standard InChI is InChI=1S/C12H26N2O/c1-14(8-3-9-15-2)10-11-4-6-12(13)7-5-11/h11-12H,3-10,13H2,1-2H3. The van der Waals surface area contributed by atoms with Gasteiger partial charge in [-0.05, 0) is 45.1 Å². The molecule has 3 heteroatoms. The van der Waals surface area contributed by atoms with Crippen LogP contribution < -0.4 is 5.73 Å². The summed E-state index contributed by atoms with van der Waals surface area (Å²) in [5.74, 6) is 0.873. The summed E-state index contributed by atoms with van der Waals surface area (Å²) in [5, 5.41) is 0. The molecule has 1 aliphatic carbocycles. The predicted molar refractivity (Wildman–Crippen MR) is 63.9 cm³/mol. The highest BCUT2D eigenvalue weighted by molar-refractivity contribution is 4.75. The van der Waals surface area contributed by atoms with Gasteiger partial charge in [0.15, 0.2) is 0 Å². The Morgan fingerprint density at radius 1 is 1.27 bits per heavy atom. The summed E-state index contributed by atoms with van der Waals surface area (Å²) in [6.07, 6.45) is 6.21. The largest absolute Gasteiger partial charge is 0.385 e. The maximum Gasteiger partial charge on any atom is 0.0474 e. The van der Waals surface area contributed by atoms with E-state index in [2.05, 4.69) is 11.9 Å². The first-order chi connectivity index (χ1) is 7.22. The molecule has 0 amide bonds. The summed E-state index contributed by atoms with van der Waals surface area (Å²) >= 11 is 0. The molecule has 1 saturated carbocycles. The number of nitrogens with two attached hydrogens (primary N) is 1. The topological polar surface area (TPSA) is 38.5 Å². The van der Waals surface area contributed by atoms with Gasteiger partial charge >= 0.3 is 0 Å². The fourth-order valence-corrected chi connectivity index (χ4v) is 2.38. The summed E-state index contributed by atoms with van der Waals surface area (Å²) in [4.78, 5) is 2.43. The predicted octanol–water partition coefficient (Wildman–Crippen LogP) is 1.47. The molecule has 0 aliphatic heterocycles. The lowest BCUT2D eigenvalue weighted by atomic mass is 9.86. The quantitative estimate of drug-likeness (QED) is 0.681. The minimum atomic E-state index is 0.472. The zero-order valence-corrected chi connectivity index (χ0v) is 10.2. The van der Waals surface area contributed by atoms with Crippen LogP contribution in [-0.4, -0.2) is 44.8 Å². The molecule has 0 aromatic carbocycles. The van der Waals surface area contributed by atoms with Gasteiger partial charge in [0.05, 0.1) is 0 Å². The van der Waals surface area contributed by atoms with E-state index >= 15 is 0 Å². The lowest BCUT2D eigenvalue weighted by molar-refractivity contribution is 0.167. The number of methoxy groups -OCH3 is 1. The lowest BCUT2D eigenvalue weighted by Crippen LogP contribution is -2.33. The van der Waals surface area contributed by atoms with Crippen molar-refractivity contribution in [3.05, 3.63) is 0 Å². The van der Waals surface area contributed by atoms with E-state index in [4.69, 9.17) is 10.5 Å². The third-order valence-electron chi connectivity index (χ3n) is 3.35. The molecule has 1 fully saturated rings. The SMILES string of the molecule is COCCCN(C)CC1CCC(N)CC1. The van der Waals surface area contributed by atoms with Crippen molar-refractivity contribution in [1.82, 2.24) is 4.90 Å². The molecule has 3 nitrogen and oxygen atoms in total. The highest BCUT2D eigenvalue weighted by Crippen LogP contribution is 2.23. The number of ether oxygens (including phenoxy) is 1. The maximum atomic E-state index is 5.90. The van der Waals surface area contributed by atoms with Crippen LogP contribution in [0.1, 0.15) is 32.1 Å². The molecular formula is C12H26N2O. The van der Waals surface area contributed by atoms with Crippen LogP contribution >= 0.6 is 0 Å². The van der Waals surface area contributed by atoms with E-state index in [1.807, 2.05) is 0 Å². The maximum absolute atomic E-state index is 5.90. The van der Waals surface area contributed by atoms with Gasteiger partial charge in [-0.25, -0.2) is 0 Å². The van der Waals surface area contributed by atoms with Crippen molar-refractivity contribution in [1.29, 1.82) is 0 Å². The van der Waals surface area contributed by atoms with E-state index in [0.29, 0.717) is 6.04 Å². The van der Waals surface area contributed by atoms with Gasteiger partial charge in [-0.1, -0.05) is 0 Å². The normalized spacial score (nSPS) is 27.2. The van der Waals surface area contributed by atoms with Gasteiger partial charge in [-0.15, -0.1) is 0 Å². The third-order valence-corrected chi connectivity index (χ3v) is 3.35. The molecule has 0 heterocycles. The molecule has 0 aromatic rings. The minimum absolute atomic E-state index is 0.472. The molecule has 1 rings (SSSR count). The van der Waals surface area contributed by atoms with Crippen LogP contribution in [0.4, 0.5) is 0 Å². The number of hydrogen-bond donors (Lipinski definition) is 1. The summed E-state index contributed by atoms with van der Waals surface area (Å²) in [7, 11) is 3.98. The van der Waals surface area contributed by atoms with E-state index in [1.165, 1.54) is 32.2 Å². The van der Waals surface area contributed by atoms with Crippen LogP contribution in [0.25, 0.3) is 0 Å². The van der Waals surface area contributed by atoms with Crippen molar-refractivity contribution in [3.8, 4) is 0 Å². The minimum Gasteiger partial charge on any atom is -0.385 e. The van der Waals surface area contributed by atoms with Crippen molar-refractivity contribution in [3.63, 3.8) is 0 Å². The molecule has 0 aromatic heterocycles. The molecule has 0 saturated heterocycles. The Hall–Kier alpha value is -0.120. The van der Waals surface area contributed by atoms with Gasteiger partial charge in [0.25, 0.3) is 0 Å². The highest BCUT2D eigenvalue weighted by Gasteiger charge is 2.19. The van der Waals surface area contributed by atoms with Crippen LogP contribution in [0.2, 0.25) is 0 Å². The van der Waals surface area contributed by atoms with Gasteiger partial charge in [0, 0.05) is 32.8 Å². The van der Waals surface area contributed by atoms with Crippen LogP contribution in [0.3, 0.4) is 0 Å². The molecule has 0 bridgehead atoms. The number of hydrogen-bond acceptors (Lipinski definition) is 3. The summed E-state index contributed by atoms with van der Waals surface area (Å²) < 4.78 is 5.05. The first-order valence-corrected chi connectivity index (χ1v) is 6.15. The van der Waals surface area contributed by atoms with E-state index < -0.39 is 0 Å². The zero-order chi connectivity index (χ0) is 11.1. The van der Waals surface area contributed by atoms with Crippen molar-refractivity contribution in [2.45, 2.75) is 38.1 Å². The Bertz CT molecular complexity index is 156. The van der Waals surface area contributed by atoms with Gasteiger partial charge in [0.1, 0.15) is 0 Å². The fraction of sp³-hybridized carbons (Fsp3) is 1.00. The monoisotopic (exact) mass is 214 g/mol. The van der Waals surface area contributed by atoms with Crippen LogP contribution in [0.5, 0.6) is 0 Å². The Kier molecular flexibility index (Phi) is 6.22. The molecular weight excluding hydrogens is 188 g/mol. The first-order valence-electron chi connectivity index (χ1n) is 6.15. The Labute approximate surface area is 94.0 Å². The second kappa shape index (κ2) is 7.20. The molecule has 0 atom stereocenters. The Morgan fingerprint density at radius 2 is 1.93 bits per heavy atom. The van der Waals surface area contributed by atoms with Crippen molar-refractivity contribution in [2.75, 3.05) is 33.9 Å². The number of nitrogens with zero attached hydrogens (tertiary/aromatic N) is 1. The molecule has 0 radical (unpaired) electrons. The Morgan fingerprint density at radius 3 is 2.53 bits per heavy atom.